The van der Waals surface area contributed by atoms with Crippen molar-refractivity contribution in [3.8, 4) is 0 Å². The molecule has 31 heavy (non-hydrogen) atoms. The van der Waals surface area contributed by atoms with Gasteiger partial charge in [0.25, 0.3) is 15.6 Å². The van der Waals surface area contributed by atoms with Gasteiger partial charge in [0.1, 0.15) is 5.52 Å². The Balaban J connectivity index is 1.98. The molecule has 164 valence electrons. The first-order valence-electron chi connectivity index (χ1n) is 10.2. The molecule has 0 saturated carbocycles. The maximum absolute atomic E-state index is 13.4. The highest BCUT2D eigenvalue weighted by atomic mass is 32.2. The average molecular weight is 442 g/mol. The fourth-order valence-corrected chi connectivity index (χ4v) is 5.24. The molecule has 0 N–H and O–H groups in total. The molecule has 0 amide bonds. The monoisotopic (exact) mass is 442 g/mol. The van der Waals surface area contributed by atoms with E-state index in [1.54, 1.807) is 44.4 Å². The molecular formula is C22H27BN2O5S. The van der Waals surface area contributed by atoms with E-state index in [0.717, 1.165) is 9.54 Å². The topological polar surface area (TPSA) is 79.5 Å². The molecule has 1 aliphatic rings. The molecule has 0 spiro atoms. The van der Waals surface area contributed by atoms with Crippen molar-refractivity contribution in [2.24, 2.45) is 7.05 Å². The maximum Gasteiger partial charge on any atom is 0.497 e. The lowest BCUT2D eigenvalue weighted by molar-refractivity contribution is 0.00578. The van der Waals surface area contributed by atoms with Crippen molar-refractivity contribution in [3.05, 3.63) is 58.1 Å². The molecule has 0 aliphatic carbocycles. The van der Waals surface area contributed by atoms with Gasteiger partial charge in [-0.1, -0.05) is 17.7 Å². The van der Waals surface area contributed by atoms with Crippen LogP contribution in [0.3, 0.4) is 0 Å². The molecule has 3 heterocycles. The van der Waals surface area contributed by atoms with Gasteiger partial charge in [-0.3, -0.25) is 4.79 Å². The maximum atomic E-state index is 13.4. The second kappa shape index (κ2) is 6.82. The predicted molar refractivity (Wildman–Crippen MR) is 121 cm³/mol. The number of aromatic nitrogens is 2. The normalized spacial score (nSPS) is 18.1. The van der Waals surface area contributed by atoms with E-state index < -0.39 is 33.9 Å². The highest BCUT2D eigenvalue weighted by Crippen LogP contribution is 2.37. The summed E-state index contributed by atoms with van der Waals surface area (Å²) in [7, 11) is -3.09. The summed E-state index contributed by atoms with van der Waals surface area (Å²) in [4.78, 5) is 13.2. The van der Waals surface area contributed by atoms with E-state index in [2.05, 4.69) is 0 Å². The number of pyridine rings is 1. The number of hydrogen-bond acceptors (Lipinski definition) is 5. The number of fused-ring (bicyclic) bond motifs is 1. The third-order valence-electron chi connectivity index (χ3n) is 6.39. The number of rotatable bonds is 3. The van der Waals surface area contributed by atoms with Gasteiger partial charge in [-0.15, -0.1) is 0 Å². The molecule has 7 nitrogen and oxygen atoms in total. The minimum atomic E-state index is -3.97. The van der Waals surface area contributed by atoms with Crippen LogP contribution in [0.15, 0.2) is 46.3 Å². The molecule has 3 aromatic rings. The number of hydrogen-bond donors (Lipinski definition) is 0. The largest absolute Gasteiger partial charge is 0.497 e. The van der Waals surface area contributed by atoms with E-state index in [9.17, 15) is 13.2 Å². The van der Waals surface area contributed by atoms with Gasteiger partial charge in [-0.05, 0) is 59.2 Å². The Morgan fingerprint density at radius 2 is 1.48 bits per heavy atom. The molecule has 2 aromatic heterocycles. The van der Waals surface area contributed by atoms with Gasteiger partial charge in [-0.2, -0.15) is 0 Å². The fraction of sp³-hybridized carbons (Fsp3) is 0.409. The van der Waals surface area contributed by atoms with Gasteiger partial charge in [-0.25, -0.2) is 12.4 Å². The van der Waals surface area contributed by atoms with Crippen molar-refractivity contribution >= 4 is 33.5 Å². The third kappa shape index (κ3) is 3.26. The van der Waals surface area contributed by atoms with E-state index >= 15 is 0 Å². The summed E-state index contributed by atoms with van der Waals surface area (Å²) >= 11 is 0. The molecule has 9 heteroatoms. The van der Waals surface area contributed by atoms with Crippen molar-refractivity contribution in [2.75, 3.05) is 0 Å². The number of nitrogens with zero attached hydrogens (tertiary/aromatic N) is 2. The van der Waals surface area contributed by atoms with Crippen molar-refractivity contribution < 1.29 is 17.7 Å². The summed E-state index contributed by atoms with van der Waals surface area (Å²) in [5.74, 6) is 0. The quantitative estimate of drug-likeness (QED) is 0.583. The first-order valence-corrected chi connectivity index (χ1v) is 11.6. The first kappa shape index (κ1) is 21.9. The lowest BCUT2D eigenvalue weighted by Crippen LogP contribution is -2.41. The summed E-state index contributed by atoms with van der Waals surface area (Å²) < 4.78 is 41.7. The van der Waals surface area contributed by atoms with Crippen LogP contribution >= 0.6 is 0 Å². The first-order chi connectivity index (χ1) is 14.3. The van der Waals surface area contributed by atoms with Gasteiger partial charge in [0.05, 0.1) is 16.1 Å². The van der Waals surface area contributed by atoms with Crippen LogP contribution in [0.25, 0.3) is 10.9 Å². The fourth-order valence-electron chi connectivity index (χ4n) is 3.83. The lowest BCUT2D eigenvalue weighted by Gasteiger charge is -2.32. The number of benzene rings is 1. The molecular weight excluding hydrogens is 415 g/mol. The van der Waals surface area contributed by atoms with E-state index in [4.69, 9.17) is 9.31 Å². The Bertz CT molecular complexity index is 1340. The molecule has 0 unspecified atom stereocenters. The van der Waals surface area contributed by atoms with Crippen molar-refractivity contribution in [2.45, 2.75) is 57.6 Å². The van der Waals surface area contributed by atoms with E-state index in [-0.39, 0.29) is 10.4 Å². The zero-order chi connectivity index (χ0) is 22.9. The molecule has 0 radical (unpaired) electrons. The van der Waals surface area contributed by atoms with Crippen LogP contribution in [0.5, 0.6) is 0 Å². The lowest BCUT2D eigenvalue weighted by atomic mass is 9.77. The van der Waals surface area contributed by atoms with Gasteiger partial charge in [0.15, 0.2) is 0 Å². The van der Waals surface area contributed by atoms with E-state index in [1.807, 2.05) is 34.6 Å². The highest BCUT2D eigenvalue weighted by molar-refractivity contribution is 7.90. The Hall–Kier alpha value is -2.36. The van der Waals surface area contributed by atoms with Crippen molar-refractivity contribution in [1.29, 1.82) is 0 Å². The van der Waals surface area contributed by atoms with Gasteiger partial charge < -0.3 is 13.9 Å². The van der Waals surface area contributed by atoms with Crippen molar-refractivity contribution in [3.63, 3.8) is 0 Å². The van der Waals surface area contributed by atoms with Crippen LogP contribution in [0.4, 0.5) is 0 Å². The molecule has 1 aromatic carbocycles. The Kier molecular flexibility index (Phi) is 4.81. The average Bonchev–Trinajstić information content (AvgIpc) is 3.12. The Morgan fingerprint density at radius 3 is 2.03 bits per heavy atom. The van der Waals surface area contributed by atoms with Crippen LogP contribution in [0.2, 0.25) is 0 Å². The molecule has 1 saturated heterocycles. The Morgan fingerprint density at radius 1 is 0.935 bits per heavy atom. The summed E-state index contributed by atoms with van der Waals surface area (Å²) in [6.07, 6.45) is 3.17. The summed E-state index contributed by atoms with van der Waals surface area (Å²) in [5.41, 5.74) is 0.796. The zero-order valence-electron chi connectivity index (χ0n) is 18.9. The van der Waals surface area contributed by atoms with Crippen LogP contribution in [0.1, 0.15) is 38.8 Å². The molecule has 0 bridgehead atoms. The Labute approximate surface area is 182 Å². The van der Waals surface area contributed by atoms with Gasteiger partial charge >= 0.3 is 7.12 Å². The second-order valence-corrected chi connectivity index (χ2v) is 11.1. The summed E-state index contributed by atoms with van der Waals surface area (Å²) in [5, 5.41) is 0.539. The van der Waals surface area contributed by atoms with Crippen LogP contribution in [-0.4, -0.2) is 35.3 Å². The van der Waals surface area contributed by atoms with E-state index in [1.165, 1.54) is 10.8 Å². The predicted octanol–water partition coefficient (Wildman–Crippen LogP) is 2.49. The number of aryl methyl sites for hydroxylation is 3. The smallest absolute Gasteiger partial charge is 0.399 e. The standard InChI is InChI=1S/C22H27BN2O5S/c1-14-8-10-16(11-9-14)31(27,28)25-12-15(2)18-17(13-24(7)20(26)19(18)25)23-29-21(3,4)22(5,6)30-23/h8-13H,1-7H3. The minimum Gasteiger partial charge on any atom is -0.399 e. The van der Waals surface area contributed by atoms with Crippen LogP contribution in [-0.2, 0) is 26.4 Å². The third-order valence-corrected chi connectivity index (χ3v) is 8.07. The summed E-state index contributed by atoms with van der Waals surface area (Å²) in [6.45, 7) is 11.5. The SMILES string of the molecule is Cc1ccc(S(=O)(=O)n2cc(C)c3c(B4OC(C)(C)C(C)(C)O4)cn(C)c(=O)c32)cc1. The summed E-state index contributed by atoms with van der Waals surface area (Å²) in [6, 6.07) is 6.57. The molecule has 0 atom stereocenters. The van der Waals surface area contributed by atoms with Crippen LogP contribution < -0.4 is 11.0 Å². The van der Waals surface area contributed by atoms with Gasteiger partial charge in [0, 0.05) is 30.3 Å². The van der Waals surface area contributed by atoms with Crippen molar-refractivity contribution in [1.82, 2.24) is 8.54 Å². The molecule has 1 fully saturated rings. The minimum absolute atomic E-state index is 0.0905. The van der Waals surface area contributed by atoms with E-state index in [0.29, 0.717) is 16.4 Å². The second-order valence-electron chi connectivity index (χ2n) is 9.24. The molecule has 1 aliphatic heterocycles. The highest BCUT2D eigenvalue weighted by Gasteiger charge is 2.52. The van der Waals surface area contributed by atoms with Crippen LogP contribution in [0, 0.1) is 13.8 Å². The zero-order valence-corrected chi connectivity index (χ0v) is 19.7. The molecule has 4 rings (SSSR count). The van der Waals surface area contributed by atoms with Gasteiger partial charge in [0.2, 0.25) is 0 Å².